The number of piperazine rings is 1. The molecule has 1 atom stereocenters. The van der Waals surface area contributed by atoms with Crippen LogP contribution in [0.4, 0.5) is 0 Å². The molecule has 1 fully saturated rings. The van der Waals surface area contributed by atoms with Crippen LogP contribution in [0.3, 0.4) is 0 Å². The van der Waals surface area contributed by atoms with Crippen LogP contribution in [0.2, 0.25) is 0 Å². The molecule has 0 spiro atoms. The summed E-state index contributed by atoms with van der Waals surface area (Å²) in [5, 5.41) is 11.4. The Balaban J connectivity index is 2.75. The molecule has 1 aliphatic rings. The summed E-state index contributed by atoms with van der Waals surface area (Å²) in [5.74, 6) is -0.419. The Labute approximate surface area is 78.4 Å². The summed E-state index contributed by atoms with van der Waals surface area (Å²) in [6, 6.07) is 1.63. The third kappa shape index (κ3) is 2.40. The normalized spacial score (nSPS) is 25.4. The minimum Gasteiger partial charge on any atom is -0.314 e. The fourth-order valence-electron chi connectivity index (χ4n) is 1.40. The Bertz CT molecular complexity index is 306. The van der Waals surface area contributed by atoms with E-state index in [9.17, 15) is 8.42 Å². The Morgan fingerprint density at radius 1 is 1.69 bits per heavy atom. The van der Waals surface area contributed by atoms with E-state index in [4.69, 9.17) is 5.26 Å². The third-order valence-corrected chi connectivity index (χ3v) is 3.80. The molecule has 0 amide bonds. The summed E-state index contributed by atoms with van der Waals surface area (Å²) in [7, 11) is -3.35. The second-order valence-electron chi connectivity index (χ2n) is 3.08. The van der Waals surface area contributed by atoms with Gasteiger partial charge in [-0.15, -0.1) is 0 Å². The van der Waals surface area contributed by atoms with Gasteiger partial charge >= 0.3 is 0 Å². The average Bonchev–Trinajstić information content (AvgIpc) is 2.04. The number of hydrogen-bond donors (Lipinski definition) is 1. The number of sulfonamides is 1. The largest absolute Gasteiger partial charge is 0.314 e. The van der Waals surface area contributed by atoms with Crippen molar-refractivity contribution >= 4 is 10.0 Å². The highest BCUT2D eigenvalue weighted by Crippen LogP contribution is 2.09. The summed E-state index contributed by atoms with van der Waals surface area (Å²) < 4.78 is 24.3. The lowest BCUT2D eigenvalue weighted by molar-refractivity contribution is 0.285. The molecule has 1 saturated heterocycles. The van der Waals surface area contributed by atoms with Crippen molar-refractivity contribution in [2.24, 2.45) is 0 Å². The Kier molecular flexibility index (Phi) is 3.25. The van der Waals surface area contributed by atoms with Gasteiger partial charge in [-0.3, -0.25) is 0 Å². The minimum absolute atomic E-state index is 0.0490. The van der Waals surface area contributed by atoms with Crippen LogP contribution in [0, 0.1) is 11.3 Å². The quantitative estimate of drug-likeness (QED) is 0.633. The second-order valence-corrected chi connectivity index (χ2v) is 5.00. The number of hydrogen-bond acceptors (Lipinski definition) is 4. The maximum Gasteiger partial charge on any atom is 0.227 e. The molecule has 0 aromatic heterocycles. The zero-order valence-corrected chi connectivity index (χ0v) is 8.34. The van der Waals surface area contributed by atoms with Gasteiger partial charge in [0, 0.05) is 25.7 Å². The van der Waals surface area contributed by atoms with E-state index < -0.39 is 15.8 Å². The van der Waals surface area contributed by atoms with Gasteiger partial charge in [0.05, 0.1) is 6.07 Å². The first kappa shape index (κ1) is 10.4. The molecule has 0 unspecified atom stereocenters. The number of nitrogens with zero attached hydrogens (tertiary/aromatic N) is 2. The van der Waals surface area contributed by atoms with Gasteiger partial charge in [-0.05, 0) is 6.92 Å². The molecular formula is C7H13N3O2S. The number of nitrogens with one attached hydrogen (secondary N) is 1. The maximum absolute atomic E-state index is 11.5. The van der Waals surface area contributed by atoms with Crippen molar-refractivity contribution < 1.29 is 8.42 Å². The van der Waals surface area contributed by atoms with Gasteiger partial charge in [-0.25, -0.2) is 8.42 Å². The van der Waals surface area contributed by atoms with E-state index in [-0.39, 0.29) is 6.04 Å². The molecule has 0 saturated carbocycles. The third-order valence-electron chi connectivity index (χ3n) is 2.04. The Hall–Kier alpha value is -0.640. The van der Waals surface area contributed by atoms with Crippen molar-refractivity contribution in [2.75, 3.05) is 25.4 Å². The average molecular weight is 203 g/mol. The van der Waals surface area contributed by atoms with Crippen molar-refractivity contribution in [3.8, 4) is 6.07 Å². The second kappa shape index (κ2) is 4.05. The lowest BCUT2D eigenvalue weighted by Gasteiger charge is -2.32. The van der Waals surface area contributed by atoms with E-state index in [1.807, 2.05) is 6.92 Å². The molecule has 1 aliphatic heterocycles. The van der Waals surface area contributed by atoms with Gasteiger partial charge in [0.15, 0.2) is 5.75 Å². The smallest absolute Gasteiger partial charge is 0.227 e. The van der Waals surface area contributed by atoms with Gasteiger partial charge in [-0.1, -0.05) is 0 Å². The highest BCUT2D eigenvalue weighted by atomic mass is 32.2. The zero-order valence-electron chi connectivity index (χ0n) is 7.52. The molecule has 1 heterocycles. The SMILES string of the molecule is C[C@H]1CNCCN1S(=O)(=O)CC#N. The molecule has 5 nitrogen and oxygen atoms in total. The lowest BCUT2D eigenvalue weighted by Crippen LogP contribution is -2.52. The van der Waals surface area contributed by atoms with Crippen LogP contribution in [-0.4, -0.2) is 44.2 Å². The van der Waals surface area contributed by atoms with Crippen LogP contribution in [0.5, 0.6) is 0 Å². The van der Waals surface area contributed by atoms with Crippen LogP contribution in [0.15, 0.2) is 0 Å². The molecule has 0 aliphatic carbocycles. The van der Waals surface area contributed by atoms with E-state index in [1.165, 1.54) is 4.31 Å². The predicted molar refractivity (Wildman–Crippen MR) is 48.4 cm³/mol. The van der Waals surface area contributed by atoms with Gasteiger partial charge in [0.1, 0.15) is 0 Å². The molecule has 0 bridgehead atoms. The maximum atomic E-state index is 11.5. The number of nitriles is 1. The first-order valence-electron chi connectivity index (χ1n) is 4.15. The van der Waals surface area contributed by atoms with Crippen molar-refractivity contribution in [1.82, 2.24) is 9.62 Å². The van der Waals surface area contributed by atoms with Crippen LogP contribution >= 0.6 is 0 Å². The fourth-order valence-corrected chi connectivity index (χ4v) is 2.72. The molecule has 0 aromatic carbocycles. The van der Waals surface area contributed by atoms with Gasteiger partial charge in [0.2, 0.25) is 10.0 Å². The van der Waals surface area contributed by atoms with Crippen molar-refractivity contribution in [3.63, 3.8) is 0 Å². The molecule has 0 aromatic rings. The highest BCUT2D eigenvalue weighted by molar-refractivity contribution is 7.89. The fraction of sp³-hybridized carbons (Fsp3) is 0.857. The summed E-state index contributed by atoms with van der Waals surface area (Å²) in [5.41, 5.74) is 0. The monoisotopic (exact) mass is 203 g/mol. The first-order chi connectivity index (χ1) is 6.08. The molecule has 74 valence electrons. The molecule has 1 N–H and O–H groups in total. The van der Waals surface area contributed by atoms with Gasteiger partial charge in [0.25, 0.3) is 0 Å². The van der Waals surface area contributed by atoms with Crippen LogP contribution in [-0.2, 0) is 10.0 Å². The molecule has 0 radical (unpaired) electrons. The summed E-state index contributed by atoms with van der Waals surface area (Å²) in [4.78, 5) is 0. The predicted octanol–water partition coefficient (Wildman–Crippen LogP) is -0.867. The van der Waals surface area contributed by atoms with Crippen LogP contribution < -0.4 is 5.32 Å². The summed E-state index contributed by atoms with van der Waals surface area (Å²) in [6.45, 7) is 3.62. The topological polar surface area (TPSA) is 73.2 Å². The van der Waals surface area contributed by atoms with Crippen molar-refractivity contribution in [1.29, 1.82) is 5.26 Å². The first-order valence-corrected chi connectivity index (χ1v) is 5.76. The Morgan fingerprint density at radius 2 is 2.38 bits per heavy atom. The molecule has 6 heteroatoms. The zero-order chi connectivity index (χ0) is 9.90. The lowest BCUT2D eigenvalue weighted by atomic mass is 10.3. The standard InChI is InChI=1S/C7H13N3O2S/c1-7-6-9-3-4-10(7)13(11,12)5-2-8/h7,9H,3-6H2,1H3/t7-/m0/s1. The van der Waals surface area contributed by atoms with Gasteiger partial charge < -0.3 is 5.32 Å². The van der Waals surface area contributed by atoms with E-state index in [2.05, 4.69) is 5.32 Å². The van der Waals surface area contributed by atoms with Gasteiger partial charge in [-0.2, -0.15) is 9.57 Å². The molecular weight excluding hydrogens is 190 g/mol. The van der Waals surface area contributed by atoms with Crippen molar-refractivity contribution in [3.05, 3.63) is 0 Å². The number of rotatable bonds is 2. The molecule has 13 heavy (non-hydrogen) atoms. The van der Waals surface area contributed by atoms with E-state index in [0.717, 1.165) is 0 Å². The summed E-state index contributed by atoms with van der Waals surface area (Å²) >= 11 is 0. The molecule has 1 rings (SSSR count). The van der Waals surface area contributed by atoms with E-state index >= 15 is 0 Å². The Morgan fingerprint density at radius 3 is 2.92 bits per heavy atom. The van der Waals surface area contributed by atoms with Crippen LogP contribution in [0.1, 0.15) is 6.92 Å². The summed E-state index contributed by atoms with van der Waals surface area (Å²) in [6.07, 6.45) is 0. The van der Waals surface area contributed by atoms with E-state index in [0.29, 0.717) is 19.6 Å². The van der Waals surface area contributed by atoms with E-state index in [1.54, 1.807) is 6.07 Å². The van der Waals surface area contributed by atoms with Crippen molar-refractivity contribution in [2.45, 2.75) is 13.0 Å². The minimum atomic E-state index is -3.35. The highest BCUT2D eigenvalue weighted by Gasteiger charge is 2.28. The van der Waals surface area contributed by atoms with Crippen LogP contribution in [0.25, 0.3) is 0 Å².